The fraction of sp³-hybridized carbons (Fsp3) is 0.167. The Morgan fingerprint density at radius 3 is 2.30 bits per heavy atom. The maximum absolute atomic E-state index is 12.7. The van der Waals surface area contributed by atoms with E-state index in [1.165, 1.54) is 36.7 Å². The molecule has 0 aliphatic rings. The molecular formula is C12H13FN4O2S. The van der Waals surface area contributed by atoms with E-state index < -0.39 is 10.0 Å². The van der Waals surface area contributed by atoms with Crippen LogP contribution < -0.4 is 10.0 Å². The number of nitrogens with one attached hydrogen (secondary N) is 2. The standard InChI is InChI=1S/C12H13FN4O2S/c1-14-12-15-7-11(8-16-12)20(18,19)17-6-9-2-4-10(13)5-3-9/h2-5,7-8,17H,6H2,1H3,(H,14,15,16). The summed E-state index contributed by atoms with van der Waals surface area (Å²) >= 11 is 0. The molecule has 0 saturated heterocycles. The molecule has 2 rings (SSSR count). The highest BCUT2D eigenvalue weighted by molar-refractivity contribution is 7.89. The monoisotopic (exact) mass is 296 g/mol. The van der Waals surface area contributed by atoms with Crippen LogP contribution in [0.15, 0.2) is 41.6 Å². The van der Waals surface area contributed by atoms with Crippen LogP contribution in [0.25, 0.3) is 0 Å². The quantitative estimate of drug-likeness (QED) is 0.864. The van der Waals surface area contributed by atoms with E-state index in [1.54, 1.807) is 7.05 Å². The number of rotatable bonds is 5. The first-order chi connectivity index (χ1) is 9.51. The summed E-state index contributed by atoms with van der Waals surface area (Å²) in [6, 6.07) is 5.57. The molecule has 2 aromatic rings. The van der Waals surface area contributed by atoms with Crippen LogP contribution in [0.2, 0.25) is 0 Å². The van der Waals surface area contributed by atoms with Crippen molar-refractivity contribution in [3.63, 3.8) is 0 Å². The molecule has 0 radical (unpaired) electrons. The predicted molar refractivity (Wildman–Crippen MR) is 72.0 cm³/mol. The Labute approximate surface area is 116 Å². The summed E-state index contributed by atoms with van der Waals surface area (Å²) in [7, 11) is -2.05. The fourth-order valence-electron chi connectivity index (χ4n) is 1.45. The van der Waals surface area contributed by atoms with E-state index in [4.69, 9.17) is 0 Å². The molecule has 1 heterocycles. The third-order valence-electron chi connectivity index (χ3n) is 2.54. The number of halogens is 1. The molecule has 1 aromatic heterocycles. The first-order valence-corrected chi connectivity index (χ1v) is 7.23. The smallest absolute Gasteiger partial charge is 0.243 e. The van der Waals surface area contributed by atoms with Crippen molar-refractivity contribution in [2.24, 2.45) is 0 Å². The number of aromatic nitrogens is 2. The Bertz CT molecular complexity index is 672. The summed E-state index contributed by atoms with van der Waals surface area (Å²) in [6.07, 6.45) is 2.43. The zero-order chi connectivity index (χ0) is 14.6. The highest BCUT2D eigenvalue weighted by Gasteiger charge is 2.14. The van der Waals surface area contributed by atoms with E-state index in [0.717, 1.165) is 0 Å². The highest BCUT2D eigenvalue weighted by Crippen LogP contribution is 2.09. The Balaban J connectivity index is 2.08. The number of nitrogens with zero attached hydrogens (tertiary/aromatic N) is 2. The molecule has 2 N–H and O–H groups in total. The maximum atomic E-state index is 12.7. The van der Waals surface area contributed by atoms with E-state index >= 15 is 0 Å². The Kier molecular flexibility index (Phi) is 4.26. The van der Waals surface area contributed by atoms with Crippen molar-refractivity contribution >= 4 is 16.0 Å². The van der Waals surface area contributed by atoms with Gasteiger partial charge in [-0.05, 0) is 17.7 Å². The lowest BCUT2D eigenvalue weighted by Crippen LogP contribution is -2.23. The van der Waals surface area contributed by atoms with E-state index in [-0.39, 0.29) is 17.3 Å². The largest absolute Gasteiger partial charge is 0.357 e. The Morgan fingerprint density at radius 1 is 1.15 bits per heavy atom. The van der Waals surface area contributed by atoms with Gasteiger partial charge in [0.25, 0.3) is 0 Å². The average molecular weight is 296 g/mol. The zero-order valence-electron chi connectivity index (χ0n) is 10.7. The van der Waals surface area contributed by atoms with E-state index in [9.17, 15) is 12.8 Å². The molecule has 0 spiro atoms. The molecule has 1 aromatic carbocycles. The summed E-state index contributed by atoms with van der Waals surface area (Å²) in [5.41, 5.74) is 0.655. The summed E-state index contributed by atoms with van der Waals surface area (Å²) < 4.78 is 39.1. The van der Waals surface area contributed by atoms with Crippen molar-refractivity contribution in [2.75, 3.05) is 12.4 Å². The van der Waals surface area contributed by atoms with Crippen LogP contribution in [0, 0.1) is 5.82 Å². The minimum atomic E-state index is -3.69. The molecule has 20 heavy (non-hydrogen) atoms. The van der Waals surface area contributed by atoms with Crippen LogP contribution in [0.1, 0.15) is 5.56 Å². The lowest BCUT2D eigenvalue weighted by atomic mass is 10.2. The van der Waals surface area contributed by atoms with E-state index in [2.05, 4.69) is 20.0 Å². The number of sulfonamides is 1. The molecule has 0 amide bonds. The molecule has 8 heteroatoms. The molecule has 0 aliphatic heterocycles. The van der Waals surface area contributed by atoms with Gasteiger partial charge in [0.1, 0.15) is 10.7 Å². The minimum absolute atomic E-state index is 0.0291. The molecule has 6 nitrogen and oxygen atoms in total. The van der Waals surface area contributed by atoms with Crippen LogP contribution in [0.3, 0.4) is 0 Å². The second-order valence-corrected chi connectivity index (χ2v) is 5.71. The van der Waals surface area contributed by atoms with Gasteiger partial charge in [0.2, 0.25) is 16.0 Å². The van der Waals surface area contributed by atoms with Crippen molar-refractivity contribution in [1.82, 2.24) is 14.7 Å². The number of benzene rings is 1. The third-order valence-corrected chi connectivity index (χ3v) is 3.90. The number of anilines is 1. The van der Waals surface area contributed by atoms with Gasteiger partial charge in [-0.3, -0.25) is 0 Å². The van der Waals surface area contributed by atoms with Gasteiger partial charge in [-0.25, -0.2) is 27.5 Å². The van der Waals surface area contributed by atoms with Crippen molar-refractivity contribution in [2.45, 2.75) is 11.4 Å². The first kappa shape index (κ1) is 14.4. The maximum Gasteiger partial charge on any atom is 0.243 e. The SMILES string of the molecule is CNc1ncc(S(=O)(=O)NCc2ccc(F)cc2)cn1. The van der Waals surface area contributed by atoms with E-state index in [0.29, 0.717) is 11.5 Å². The Morgan fingerprint density at radius 2 is 1.75 bits per heavy atom. The Hall–Kier alpha value is -2.06. The first-order valence-electron chi connectivity index (χ1n) is 5.75. The minimum Gasteiger partial charge on any atom is -0.357 e. The average Bonchev–Trinajstić information content (AvgIpc) is 2.47. The molecule has 106 valence electrons. The van der Waals surface area contributed by atoms with Gasteiger partial charge in [0, 0.05) is 13.6 Å². The van der Waals surface area contributed by atoms with Crippen LogP contribution in [0.5, 0.6) is 0 Å². The molecule has 0 fully saturated rings. The molecule has 0 unspecified atom stereocenters. The molecule has 0 bridgehead atoms. The molecule has 0 aliphatic carbocycles. The summed E-state index contributed by atoms with van der Waals surface area (Å²) in [4.78, 5) is 7.65. The number of hydrogen-bond donors (Lipinski definition) is 2. The van der Waals surface area contributed by atoms with Gasteiger partial charge in [0.15, 0.2) is 0 Å². The van der Waals surface area contributed by atoms with Crippen LogP contribution in [0.4, 0.5) is 10.3 Å². The van der Waals surface area contributed by atoms with Gasteiger partial charge in [-0.1, -0.05) is 12.1 Å². The lowest BCUT2D eigenvalue weighted by molar-refractivity contribution is 0.580. The van der Waals surface area contributed by atoms with Crippen molar-refractivity contribution in [1.29, 1.82) is 0 Å². The summed E-state index contributed by atoms with van der Waals surface area (Å²) in [5.74, 6) is -0.0323. The molecule has 0 saturated carbocycles. The second-order valence-electron chi connectivity index (χ2n) is 3.94. The van der Waals surface area contributed by atoms with Crippen molar-refractivity contribution < 1.29 is 12.8 Å². The number of hydrogen-bond acceptors (Lipinski definition) is 5. The topological polar surface area (TPSA) is 84.0 Å². The van der Waals surface area contributed by atoms with Gasteiger partial charge in [-0.15, -0.1) is 0 Å². The molecule has 0 atom stereocenters. The fourth-order valence-corrected chi connectivity index (χ4v) is 2.35. The van der Waals surface area contributed by atoms with Gasteiger partial charge >= 0.3 is 0 Å². The van der Waals surface area contributed by atoms with Crippen molar-refractivity contribution in [3.8, 4) is 0 Å². The van der Waals surface area contributed by atoms with Crippen molar-refractivity contribution in [3.05, 3.63) is 48.0 Å². The zero-order valence-corrected chi connectivity index (χ0v) is 11.5. The predicted octanol–water partition coefficient (Wildman–Crippen LogP) is 1.14. The van der Waals surface area contributed by atoms with Gasteiger partial charge in [-0.2, -0.15) is 0 Å². The van der Waals surface area contributed by atoms with Crippen LogP contribution >= 0.6 is 0 Å². The summed E-state index contributed by atoms with van der Waals surface area (Å²) in [5, 5.41) is 2.70. The highest BCUT2D eigenvalue weighted by atomic mass is 32.2. The third kappa shape index (κ3) is 3.49. The van der Waals surface area contributed by atoms with Crippen LogP contribution in [-0.2, 0) is 16.6 Å². The van der Waals surface area contributed by atoms with Gasteiger partial charge in [0.05, 0.1) is 12.4 Å². The van der Waals surface area contributed by atoms with Crippen LogP contribution in [-0.4, -0.2) is 25.4 Å². The van der Waals surface area contributed by atoms with E-state index in [1.807, 2.05) is 0 Å². The molecular weight excluding hydrogens is 283 g/mol. The second kappa shape index (κ2) is 5.93. The lowest BCUT2D eigenvalue weighted by Gasteiger charge is -2.06. The summed E-state index contributed by atoms with van der Waals surface area (Å²) in [6.45, 7) is 0.0659. The van der Waals surface area contributed by atoms with Gasteiger partial charge < -0.3 is 5.32 Å². The normalized spacial score (nSPS) is 11.3.